The van der Waals surface area contributed by atoms with Gasteiger partial charge in [-0.05, 0) is 55.8 Å². The van der Waals surface area contributed by atoms with Gasteiger partial charge in [0.1, 0.15) is 11.6 Å². The Morgan fingerprint density at radius 3 is 2.74 bits per heavy atom. The van der Waals surface area contributed by atoms with Crippen molar-refractivity contribution < 1.29 is 8.78 Å². The van der Waals surface area contributed by atoms with Gasteiger partial charge in [0.15, 0.2) is 0 Å². The molecular formula is C16H23F2N. The van der Waals surface area contributed by atoms with E-state index in [1.54, 1.807) is 6.07 Å². The third-order valence-corrected chi connectivity index (χ3v) is 4.10. The van der Waals surface area contributed by atoms with Crippen LogP contribution in [0.5, 0.6) is 0 Å². The monoisotopic (exact) mass is 267 g/mol. The van der Waals surface area contributed by atoms with Crippen LogP contribution in [0, 0.1) is 17.6 Å². The van der Waals surface area contributed by atoms with Gasteiger partial charge in [-0.2, -0.15) is 0 Å². The van der Waals surface area contributed by atoms with Crippen LogP contribution in [0.3, 0.4) is 0 Å². The number of halogens is 2. The van der Waals surface area contributed by atoms with Crippen molar-refractivity contribution in [1.82, 2.24) is 5.32 Å². The van der Waals surface area contributed by atoms with Crippen LogP contribution in [-0.2, 0) is 0 Å². The maximum Gasteiger partial charge on any atom is 0.129 e. The minimum Gasteiger partial charge on any atom is -0.316 e. The molecule has 0 heterocycles. The molecule has 3 heteroatoms. The van der Waals surface area contributed by atoms with Crippen molar-refractivity contribution in [3.05, 3.63) is 35.4 Å². The van der Waals surface area contributed by atoms with E-state index in [2.05, 4.69) is 12.2 Å². The SMILES string of the molecule is CCCNCC1CCCCC1c1ccc(F)cc1F. The van der Waals surface area contributed by atoms with E-state index in [9.17, 15) is 8.78 Å². The van der Waals surface area contributed by atoms with E-state index >= 15 is 0 Å². The third kappa shape index (κ3) is 3.75. The van der Waals surface area contributed by atoms with Gasteiger partial charge >= 0.3 is 0 Å². The molecule has 0 amide bonds. The maximum absolute atomic E-state index is 13.9. The molecule has 1 aromatic carbocycles. The number of hydrogen-bond acceptors (Lipinski definition) is 1. The van der Waals surface area contributed by atoms with Crippen molar-refractivity contribution in [2.75, 3.05) is 13.1 Å². The highest BCUT2D eigenvalue weighted by Gasteiger charge is 2.28. The Morgan fingerprint density at radius 1 is 1.21 bits per heavy atom. The van der Waals surface area contributed by atoms with Gasteiger partial charge in [-0.25, -0.2) is 8.78 Å². The molecule has 2 unspecified atom stereocenters. The van der Waals surface area contributed by atoms with Crippen LogP contribution >= 0.6 is 0 Å². The van der Waals surface area contributed by atoms with Gasteiger partial charge in [-0.3, -0.25) is 0 Å². The van der Waals surface area contributed by atoms with Crippen LogP contribution < -0.4 is 5.32 Å². The number of rotatable bonds is 5. The molecule has 1 aliphatic rings. The van der Waals surface area contributed by atoms with Gasteiger partial charge in [-0.15, -0.1) is 0 Å². The highest BCUT2D eigenvalue weighted by atomic mass is 19.1. The maximum atomic E-state index is 13.9. The molecule has 0 spiro atoms. The highest BCUT2D eigenvalue weighted by molar-refractivity contribution is 5.24. The van der Waals surface area contributed by atoms with Gasteiger partial charge in [-0.1, -0.05) is 25.8 Å². The van der Waals surface area contributed by atoms with Gasteiger partial charge < -0.3 is 5.32 Å². The third-order valence-electron chi connectivity index (χ3n) is 4.10. The molecule has 2 rings (SSSR count). The molecule has 0 radical (unpaired) electrons. The van der Waals surface area contributed by atoms with Crippen LogP contribution in [-0.4, -0.2) is 13.1 Å². The molecule has 0 bridgehead atoms. The normalized spacial score (nSPS) is 23.5. The zero-order chi connectivity index (χ0) is 13.7. The second-order valence-corrected chi connectivity index (χ2v) is 5.52. The van der Waals surface area contributed by atoms with Gasteiger partial charge in [0.05, 0.1) is 0 Å². The van der Waals surface area contributed by atoms with E-state index in [0.717, 1.165) is 44.8 Å². The lowest BCUT2D eigenvalue weighted by molar-refractivity contribution is 0.290. The van der Waals surface area contributed by atoms with E-state index in [1.807, 2.05) is 0 Å². The van der Waals surface area contributed by atoms with E-state index in [4.69, 9.17) is 0 Å². The first-order valence-corrected chi connectivity index (χ1v) is 7.38. The molecule has 0 aromatic heterocycles. The van der Waals surface area contributed by atoms with Crippen LogP contribution in [0.25, 0.3) is 0 Å². The van der Waals surface area contributed by atoms with Gasteiger partial charge in [0, 0.05) is 6.07 Å². The Labute approximate surface area is 114 Å². The van der Waals surface area contributed by atoms with Crippen molar-refractivity contribution in [3.8, 4) is 0 Å². The summed E-state index contributed by atoms with van der Waals surface area (Å²) < 4.78 is 26.9. The van der Waals surface area contributed by atoms with Gasteiger partial charge in [0.25, 0.3) is 0 Å². The van der Waals surface area contributed by atoms with E-state index in [1.165, 1.54) is 12.5 Å². The molecule has 1 aromatic rings. The predicted molar refractivity (Wildman–Crippen MR) is 74.2 cm³/mol. The first-order valence-electron chi connectivity index (χ1n) is 7.38. The van der Waals surface area contributed by atoms with E-state index < -0.39 is 5.82 Å². The van der Waals surface area contributed by atoms with Crippen molar-refractivity contribution in [2.24, 2.45) is 5.92 Å². The second kappa shape index (κ2) is 6.99. The number of benzene rings is 1. The van der Waals surface area contributed by atoms with Gasteiger partial charge in [0.2, 0.25) is 0 Å². The van der Waals surface area contributed by atoms with Crippen LogP contribution in [0.2, 0.25) is 0 Å². The molecule has 0 saturated heterocycles. The summed E-state index contributed by atoms with van der Waals surface area (Å²) in [5.74, 6) is -0.163. The average molecular weight is 267 g/mol. The molecule has 1 fully saturated rings. The standard InChI is InChI=1S/C16H23F2N/c1-2-9-19-11-12-5-3-4-6-14(12)15-8-7-13(17)10-16(15)18/h7-8,10,12,14,19H,2-6,9,11H2,1H3. The molecule has 19 heavy (non-hydrogen) atoms. The quantitative estimate of drug-likeness (QED) is 0.787. The van der Waals surface area contributed by atoms with E-state index in [-0.39, 0.29) is 11.7 Å². The zero-order valence-corrected chi connectivity index (χ0v) is 11.6. The topological polar surface area (TPSA) is 12.0 Å². The molecule has 1 aliphatic carbocycles. The largest absolute Gasteiger partial charge is 0.316 e. The Kier molecular flexibility index (Phi) is 5.32. The summed E-state index contributed by atoms with van der Waals surface area (Å²) in [6.07, 6.45) is 5.63. The molecular weight excluding hydrogens is 244 g/mol. The van der Waals surface area contributed by atoms with Crippen molar-refractivity contribution in [1.29, 1.82) is 0 Å². The summed E-state index contributed by atoms with van der Waals surface area (Å²) in [4.78, 5) is 0. The minimum atomic E-state index is -0.488. The Balaban J connectivity index is 2.09. The summed E-state index contributed by atoms with van der Waals surface area (Å²) in [6, 6.07) is 4.03. The van der Waals surface area contributed by atoms with Crippen molar-refractivity contribution in [3.63, 3.8) is 0 Å². The minimum absolute atomic E-state index is 0.235. The smallest absolute Gasteiger partial charge is 0.129 e. The molecule has 1 saturated carbocycles. The predicted octanol–water partition coefficient (Wildman–Crippen LogP) is 4.24. The Morgan fingerprint density at radius 2 is 2.00 bits per heavy atom. The molecule has 1 nitrogen and oxygen atoms in total. The summed E-state index contributed by atoms with van der Waals surface area (Å²) in [5, 5.41) is 3.44. The lowest BCUT2D eigenvalue weighted by atomic mass is 9.75. The Hall–Kier alpha value is -0.960. The summed E-state index contributed by atoms with van der Waals surface area (Å²) in [5.41, 5.74) is 0.699. The number of hydrogen-bond donors (Lipinski definition) is 1. The molecule has 1 N–H and O–H groups in total. The molecule has 0 aliphatic heterocycles. The molecule has 106 valence electrons. The summed E-state index contributed by atoms with van der Waals surface area (Å²) >= 11 is 0. The first kappa shape index (κ1) is 14.4. The Bertz CT molecular complexity index is 406. The zero-order valence-electron chi connectivity index (χ0n) is 11.6. The van der Waals surface area contributed by atoms with Crippen LogP contribution in [0.15, 0.2) is 18.2 Å². The molecule has 2 atom stereocenters. The average Bonchev–Trinajstić information content (AvgIpc) is 2.40. The second-order valence-electron chi connectivity index (χ2n) is 5.52. The fourth-order valence-electron chi connectivity index (χ4n) is 3.13. The highest BCUT2D eigenvalue weighted by Crippen LogP contribution is 2.38. The fourth-order valence-corrected chi connectivity index (χ4v) is 3.13. The van der Waals surface area contributed by atoms with Crippen LogP contribution in [0.1, 0.15) is 50.5 Å². The first-order chi connectivity index (χ1) is 9.22. The lowest BCUT2D eigenvalue weighted by Gasteiger charge is -2.32. The fraction of sp³-hybridized carbons (Fsp3) is 0.625. The van der Waals surface area contributed by atoms with Crippen molar-refractivity contribution in [2.45, 2.75) is 44.9 Å². The number of nitrogens with one attached hydrogen (secondary N) is 1. The lowest BCUT2D eigenvalue weighted by Crippen LogP contribution is -2.30. The van der Waals surface area contributed by atoms with Crippen LogP contribution in [0.4, 0.5) is 8.78 Å². The van der Waals surface area contributed by atoms with E-state index in [0.29, 0.717) is 11.5 Å². The van der Waals surface area contributed by atoms with Crippen molar-refractivity contribution >= 4 is 0 Å². The summed E-state index contributed by atoms with van der Waals surface area (Å²) in [6.45, 7) is 4.09. The summed E-state index contributed by atoms with van der Waals surface area (Å²) in [7, 11) is 0.